The molecule has 20 heavy (non-hydrogen) atoms. The number of hydrogen-bond donors (Lipinski definition) is 3. The largest absolute Gasteiger partial charge is 0.324 e. The fraction of sp³-hybridized carbons (Fsp3) is 0.0714. The maximum Gasteiger partial charge on any atom is 0.229 e. The van der Waals surface area contributed by atoms with Gasteiger partial charge >= 0.3 is 0 Å². The van der Waals surface area contributed by atoms with Crippen LogP contribution in [0.25, 0.3) is 0 Å². The van der Waals surface area contributed by atoms with E-state index in [2.05, 4.69) is 30.8 Å². The lowest BCUT2D eigenvalue weighted by Gasteiger charge is -2.06. The molecule has 2 aromatic heterocycles. The van der Waals surface area contributed by atoms with Gasteiger partial charge in [0.1, 0.15) is 5.82 Å². The standard InChI is InChI=1S/C14H14N6/c1-10-9-13(20-19-10)17-12-7-8-15-14(18-12)16-11-5-3-2-4-6-11/h2-9H,1H3,(H3,15,16,17,18,19,20). The normalized spacial score (nSPS) is 10.2. The highest BCUT2D eigenvalue weighted by Crippen LogP contribution is 2.16. The van der Waals surface area contributed by atoms with Crippen LogP contribution in [0.1, 0.15) is 5.69 Å². The monoisotopic (exact) mass is 266 g/mol. The number of para-hydroxylation sites is 1. The Morgan fingerprint density at radius 3 is 2.60 bits per heavy atom. The van der Waals surface area contributed by atoms with Crippen molar-refractivity contribution in [3.8, 4) is 0 Å². The Labute approximate surface area is 116 Å². The molecule has 0 amide bonds. The second-order valence-corrected chi connectivity index (χ2v) is 4.32. The predicted molar refractivity (Wildman–Crippen MR) is 78.4 cm³/mol. The van der Waals surface area contributed by atoms with E-state index in [0.717, 1.165) is 17.2 Å². The molecule has 0 saturated heterocycles. The molecule has 0 fully saturated rings. The van der Waals surface area contributed by atoms with Crippen molar-refractivity contribution in [3.63, 3.8) is 0 Å². The number of nitrogens with zero attached hydrogens (tertiary/aromatic N) is 3. The molecule has 1 aromatic carbocycles. The van der Waals surface area contributed by atoms with E-state index in [1.54, 1.807) is 12.3 Å². The van der Waals surface area contributed by atoms with Gasteiger partial charge in [-0.05, 0) is 25.1 Å². The van der Waals surface area contributed by atoms with Crippen LogP contribution >= 0.6 is 0 Å². The highest BCUT2D eigenvalue weighted by atomic mass is 15.2. The van der Waals surface area contributed by atoms with Crippen LogP contribution in [0.4, 0.5) is 23.3 Å². The van der Waals surface area contributed by atoms with Crippen molar-refractivity contribution < 1.29 is 0 Å². The van der Waals surface area contributed by atoms with Gasteiger partial charge in [-0.3, -0.25) is 5.10 Å². The lowest BCUT2D eigenvalue weighted by Crippen LogP contribution is -2.00. The van der Waals surface area contributed by atoms with Gasteiger partial charge < -0.3 is 10.6 Å². The molecule has 0 aliphatic heterocycles. The third-order valence-corrected chi connectivity index (χ3v) is 2.65. The number of nitrogens with one attached hydrogen (secondary N) is 3. The first-order valence-electron chi connectivity index (χ1n) is 6.24. The Kier molecular flexibility index (Phi) is 3.28. The maximum atomic E-state index is 4.39. The number of H-pyrrole nitrogens is 1. The number of rotatable bonds is 4. The SMILES string of the molecule is Cc1cc(Nc2ccnc(Nc3ccccc3)n2)n[nH]1. The van der Waals surface area contributed by atoms with E-state index in [9.17, 15) is 0 Å². The Morgan fingerprint density at radius 1 is 1.00 bits per heavy atom. The van der Waals surface area contributed by atoms with E-state index in [-0.39, 0.29) is 0 Å². The Morgan fingerprint density at radius 2 is 1.85 bits per heavy atom. The van der Waals surface area contributed by atoms with Crippen LogP contribution in [-0.2, 0) is 0 Å². The molecule has 0 unspecified atom stereocenters. The molecule has 0 radical (unpaired) electrons. The number of hydrogen-bond acceptors (Lipinski definition) is 5. The lowest BCUT2D eigenvalue weighted by molar-refractivity contribution is 1.05. The van der Waals surface area contributed by atoms with Gasteiger partial charge in [-0.2, -0.15) is 10.1 Å². The molecule has 0 aliphatic carbocycles. The highest BCUT2D eigenvalue weighted by molar-refractivity contribution is 5.57. The van der Waals surface area contributed by atoms with Gasteiger partial charge in [0, 0.05) is 23.6 Å². The summed E-state index contributed by atoms with van der Waals surface area (Å²) in [5, 5.41) is 13.2. The topological polar surface area (TPSA) is 78.5 Å². The maximum absolute atomic E-state index is 4.39. The van der Waals surface area contributed by atoms with E-state index in [0.29, 0.717) is 11.8 Å². The molecule has 6 nitrogen and oxygen atoms in total. The fourth-order valence-electron chi connectivity index (χ4n) is 1.75. The average Bonchev–Trinajstić information content (AvgIpc) is 2.86. The zero-order chi connectivity index (χ0) is 13.8. The van der Waals surface area contributed by atoms with Gasteiger partial charge in [0.05, 0.1) is 0 Å². The molecule has 6 heteroatoms. The highest BCUT2D eigenvalue weighted by Gasteiger charge is 2.02. The number of benzene rings is 1. The zero-order valence-corrected chi connectivity index (χ0v) is 11.0. The van der Waals surface area contributed by atoms with Crippen LogP contribution in [0.3, 0.4) is 0 Å². The molecular formula is C14H14N6. The first-order valence-corrected chi connectivity index (χ1v) is 6.24. The zero-order valence-electron chi connectivity index (χ0n) is 11.0. The van der Waals surface area contributed by atoms with Crippen LogP contribution in [0.15, 0.2) is 48.7 Å². The minimum atomic E-state index is 0.536. The number of aryl methyl sites for hydroxylation is 1. The van der Waals surface area contributed by atoms with E-state index in [1.165, 1.54) is 0 Å². The van der Waals surface area contributed by atoms with Crippen molar-refractivity contribution >= 4 is 23.3 Å². The van der Waals surface area contributed by atoms with Gasteiger partial charge in [0.25, 0.3) is 0 Å². The summed E-state index contributed by atoms with van der Waals surface area (Å²) < 4.78 is 0. The van der Waals surface area contributed by atoms with Gasteiger partial charge in [-0.1, -0.05) is 18.2 Å². The van der Waals surface area contributed by atoms with Crippen LogP contribution in [0.5, 0.6) is 0 Å². The molecule has 0 saturated carbocycles. The van der Waals surface area contributed by atoms with Gasteiger partial charge in [-0.15, -0.1) is 0 Å². The van der Waals surface area contributed by atoms with Crippen molar-refractivity contribution in [2.24, 2.45) is 0 Å². The summed E-state index contributed by atoms with van der Waals surface area (Å²) in [6.07, 6.45) is 1.69. The minimum Gasteiger partial charge on any atom is -0.324 e. The van der Waals surface area contributed by atoms with Gasteiger partial charge in [0.15, 0.2) is 5.82 Å². The summed E-state index contributed by atoms with van der Waals surface area (Å²) in [6, 6.07) is 13.5. The number of anilines is 4. The summed E-state index contributed by atoms with van der Waals surface area (Å²) >= 11 is 0. The molecule has 3 N–H and O–H groups in total. The fourth-order valence-corrected chi connectivity index (χ4v) is 1.75. The quantitative estimate of drug-likeness (QED) is 0.676. The van der Waals surface area contributed by atoms with E-state index >= 15 is 0 Å². The van der Waals surface area contributed by atoms with Gasteiger partial charge in [0.2, 0.25) is 5.95 Å². The van der Waals surface area contributed by atoms with Gasteiger partial charge in [-0.25, -0.2) is 4.98 Å². The Balaban J connectivity index is 1.76. The van der Waals surface area contributed by atoms with Crippen molar-refractivity contribution in [1.82, 2.24) is 20.2 Å². The van der Waals surface area contributed by atoms with E-state index in [4.69, 9.17) is 0 Å². The second-order valence-electron chi connectivity index (χ2n) is 4.32. The summed E-state index contributed by atoms with van der Waals surface area (Å²) in [4.78, 5) is 8.58. The van der Waals surface area contributed by atoms with E-state index < -0.39 is 0 Å². The summed E-state index contributed by atoms with van der Waals surface area (Å²) in [6.45, 7) is 1.94. The average molecular weight is 266 g/mol. The first kappa shape index (κ1) is 12.2. The summed E-state index contributed by atoms with van der Waals surface area (Å²) in [5.41, 5.74) is 1.93. The number of aromatic amines is 1. The Hall–Kier alpha value is -2.89. The molecule has 0 atom stereocenters. The predicted octanol–water partition coefficient (Wildman–Crippen LogP) is 3.00. The minimum absolute atomic E-state index is 0.536. The molecule has 0 aliphatic rings. The Bertz CT molecular complexity index is 692. The molecule has 100 valence electrons. The van der Waals surface area contributed by atoms with Crippen LogP contribution in [-0.4, -0.2) is 20.2 Å². The smallest absolute Gasteiger partial charge is 0.229 e. The summed E-state index contributed by atoms with van der Waals surface area (Å²) in [7, 11) is 0. The van der Waals surface area contributed by atoms with Crippen LogP contribution < -0.4 is 10.6 Å². The molecule has 3 rings (SSSR count). The number of aromatic nitrogens is 4. The molecule has 3 aromatic rings. The summed E-state index contributed by atoms with van der Waals surface area (Å²) in [5.74, 6) is 1.95. The van der Waals surface area contributed by atoms with Crippen LogP contribution in [0, 0.1) is 6.92 Å². The van der Waals surface area contributed by atoms with Crippen molar-refractivity contribution in [1.29, 1.82) is 0 Å². The van der Waals surface area contributed by atoms with Crippen molar-refractivity contribution in [3.05, 3.63) is 54.4 Å². The van der Waals surface area contributed by atoms with Crippen LogP contribution in [0.2, 0.25) is 0 Å². The molecule has 0 spiro atoms. The van der Waals surface area contributed by atoms with Crippen molar-refractivity contribution in [2.45, 2.75) is 6.92 Å². The third-order valence-electron chi connectivity index (χ3n) is 2.65. The molecule has 2 heterocycles. The molecular weight excluding hydrogens is 252 g/mol. The van der Waals surface area contributed by atoms with E-state index in [1.807, 2.05) is 43.3 Å². The molecule has 0 bridgehead atoms. The lowest BCUT2D eigenvalue weighted by atomic mass is 10.3. The van der Waals surface area contributed by atoms with Crippen molar-refractivity contribution in [2.75, 3.05) is 10.6 Å². The third kappa shape index (κ3) is 2.92. The second kappa shape index (κ2) is 5.40. The first-order chi connectivity index (χ1) is 9.79.